The van der Waals surface area contributed by atoms with Crippen LogP contribution in [0.4, 0.5) is 5.69 Å². The maximum absolute atomic E-state index is 13.0. The summed E-state index contributed by atoms with van der Waals surface area (Å²) < 4.78 is 0. The zero-order chi connectivity index (χ0) is 20.4. The van der Waals surface area contributed by atoms with E-state index in [9.17, 15) is 4.79 Å². The number of piperazine rings is 1. The molecule has 2 aliphatic heterocycles. The maximum Gasteiger partial charge on any atom is 0.241 e. The van der Waals surface area contributed by atoms with Crippen molar-refractivity contribution >= 4 is 22.9 Å². The molecule has 1 saturated heterocycles. The maximum atomic E-state index is 13.0. The fourth-order valence-corrected chi connectivity index (χ4v) is 5.16. The van der Waals surface area contributed by atoms with Crippen LogP contribution in [-0.2, 0) is 23.2 Å². The number of thiazole rings is 1. The van der Waals surface area contributed by atoms with Crippen molar-refractivity contribution in [1.82, 2.24) is 14.8 Å². The number of aryl methyl sites for hydroxylation is 1. The number of aromatic nitrogens is 1. The molecular formula is C23H32N4OS. The molecule has 6 heteroatoms. The normalized spacial score (nSPS) is 18.7. The lowest BCUT2D eigenvalue weighted by Crippen LogP contribution is -2.50. The summed E-state index contributed by atoms with van der Waals surface area (Å²) in [7, 11) is 0. The Kier molecular flexibility index (Phi) is 6.04. The number of carbonyl (C=O) groups excluding carboxylic acids is 1. The van der Waals surface area contributed by atoms with Gasteiger partial charge in [0.25, 0.3) is 0 Å². The minimum absolute atomic E-state index is 0.112. The van der Waals surface area contributed by atoms with Crippen molar-refractivity contribution in [3.05, 3.63) is 45.9 Å². The molecule has 5 nitrogen and oxygen atoms in total. The van der Waals surface area contributed by atoms with Gasteiger partial charge in [-0.3, -0.25) is 14.6 Å². The lowest BCUT2D eigenvalue weighted by molar-refractivity contribution is -0.120. The van der Waals surface area contributed by atoms with Gasteiger partial charge in [0.15, 0.2) is 0 Å². The van der Waals surface area contributed by atoms with Crippen LogP contribution in [0.15, 0.2) is 29.6 Å². The first-order valence-corrected chi connectivity index (χ1v) is 11.6. The van der Waals surface area contributed by atoms with Crippen LogP contribution in [0.5, 0.6) is 0 Å². The standard InChI is InChI=1S/C23H32N4OS/c1-23(2,3)20-17-29-21(24-20)15-25-11-13-26(14-12-25)16-22(28)27-10-6-8-18-7-4-5-9-19(18)27/h4-5,7,9,17H,6,8,10-16H2,1-3H3. The number of hydrogen-bond donors (Lipinski definition) is 0. The highest BCUT2D eigenvalue weighted by molar-refractivity contribution is 7.09. The Hall–Kier alpha value is -1.76. The average molecular weight is 413 g/mol. The van der Waals surface area contributed by atoms with Crippen LogP contribution in [0.25, 0.3) is 0 Å². The molecule has 0 aliphatic carbocycles. The van der Waals surface area contributed by atoms with Crippen molar-refractivity contribution < 1.29 is 4.79 Å². The SMILES string of the molecule is CC(C)(C)c1csc(CN2CCN(CC(=O)N3CCCc4ccccc43)CC2)n1. The number of para-hydroxylation sites is 1. The van der Waals surface area contributed by atoms with Crippen molar-refractivity contribution in [3.8, 4) is 0 Å². The highest BCUT2D eigenvalue weighted by Gasteiger charge is 2.26. The molecule has 2 aliphatic rings. The number of hydrogen-bond acceptors (Lipinski definition) is 5. The lowest BCUT2D eigenvalue weighted by Gasteiger charge is -2.36. The van der Waals surface area contributed by atoms with E-state index in [1.807, 2.05) is 11.0 Å². The molecule has 4 rings (SSSR count). The van der Waals surface area contributed by atoms with Gasteiger partial charge >= 0.3 is 0 Å². The Morgan fingerprint density at radius 3 is 2.52 bits per heavy atom. The molecule has 0 spiro atoms. The highest BCUT2D eigenvalue weighted by Crippen LogP contribution is 2.27. The number of carbonyl (C=O) groups is 1. The molecule has 1 aromatic carbocycles. The first-order valence-electron chi connectivity index (χ1n) is 10.7. The van der Waals surface area contributed by atoms with Gasteiger partial charge in [-0.2, -0.15) is 0 Å². The molecule has 1 fully saturated rings. The fraction of sp³-hybridized carbons (Fsp3) is 0.565. The highest BCUT2D eigenvalue weighted by atomic mass is 32.1. The van der Waals surface area contributed by atoms with Gasteiger partial charge in [-0.1, -0.05) is 39.0 Å². The van der Waals surface area contributed by atoms with Gasteiger partial charge in [0.1, 0.15) is 5.01 Å². The van der Waals surface area contributed by atoms with Gasteiger partial charge in [0.2, 0.25) is 5.91 Å². The summed E-state index contributed by atoms with van der Waals surface area (Å²) in [6.07, 6.45) is 2.13. The zero-order valence-corrected chi connectivity index (χ0v) is 18.7. The summed E-state index contributed by atoms with van der Waals surface area (Å²) in [4.78, 5) is 24.5. The Morgan fingerprint density at radius 2 is 1.79 bits per heavy atom. The summed E-state index contributed by atoms with van der Waals surface area (Å²) in [5.41, 5.74) is 3.71. The molecule has 3 heterocycles. The summed E-state index contributed by atoms with van der Waals surface area (Å²) in [5.74, 6) is 0.236. The molecule has 1 amide bonds. The predicted molar refractivity (Wildman–Crippen MR) is 120 cm³/mol. The van der Waals surface area contributed by atoms with Gasteiger partial charge in [-0.05, 0) is 24.5 Å². The van der Waals surface area contributed by atoms with Crippen molar-refractivity contribution in [2.24, 2.45) is 0 Å². The van der Waals surface area contributed by atoms with Crippen LogP contribution in [-0.4, -0.2) is 60.0 Å². The Balaban J connectivity index is 1.28. The first-order chi connectivity index (χ1) is 13.9. The second-order valence-electron chi connectivity index (χ2n) is 9.21. The van der Waals surface area contributed by atoms with E-state index in [0.29, 0.717) is 6.54 Å². The third-order valence-electron chi connectivity index (χ3n) is 5.91. The van der Waals surface area contributed by atoms with Crippen LogP contribution < -0.4 is 4.90 Å². The Morgan fingerprint density at radius 1 is 1.07 bits per heavy atom. The van der Waals surface area contributed by atoms with E-state index in [1.165, 1.54) is 16.3 Å². The summed E-state index contributed by atoms with van der Waals surface area (Å²) >= 11 is 1.77. The molecule has 2 aromatic rings. The molecule has 156 valence electrons. The lowest BCUT2D eigenvalue weighted by atomic mass is 9.93. The number of rotatable bonds is 4. The van der Waals surface area contributed by atoms with E-state index in [-0.39, 0.29) is 11.3 Å². The quantitative estimate of drug-likeness (QED) is 0.770. The number of anilines is 1. The zero-order valence-electron chi connectivity index (χ0n) is 17.9. The summed E-state index contributed by atoms with van der Waals surface area (Å²) in [6.45, 7) is 12.8. The first kappa shape index (κ1) is 20.5. The van der Waals surface area contributed by atoms with E-state index in [4.69, 9.17) is 4.98 Å². The van der Waals surface area contributed by atoms with Crippen LogP contribution in [0.3, 0.4) is 0 Å². The van der Waals surface area contributed by atoms with Crippen LogP contribution >= 0.6 is 11.3 Å². The smallest absolute Gasteiger partial charge is 0.241 e. The molecule has 0 radical (unpaired) electrons. The van der Waals surface area contributed by atoms with Gasteiger partial charge < -0.3 is 4.90 Å². The van der Waals surface area contributed by atoms with Gasteiger partial charge in [0.05, 0.1) is 18.8 Å². The third kappa shape index (κ3) is 4.87. The minimum Gasteiger partial charge on any atom is -0.311 e. The average Bonchev–Trinajstić information content (AvgIpc) is 3.18. The van der Waals surface area contributed by atoms with E-state index >= 15 is 0 Å². The Bertz CT molecular complexity index is 849. The molecule has 0 unspecified atom stereocenters. The van der Waals surface area contributed by atoms with Crippen LogP contribution in [0, 0.1) is 0 Å². The number of benzene rings is 1. The molecule has 0 saturated carbocycles. The number of amides is 1. The molecule has 0 bridgehead atoms. The van der Waals surface area contributed by atoms with Gasteiger partial charge in [-0.15, -0.1) is 11.3 Å². The van der Waals surface area contributed by atoms with E-state index < -0.39 is 0 Å². The minimum atomic E-state index is 0.112. The molecular weight excluding hydrogens is 380 g/mol. The summed E-state index contributed by atoms with van der Waals surface area (Å²) in [6, 6.07) is 8.34. The van der Waals surface area contributed by atoms with Crippen molar-refractivity contribution in [3.63, 3.8) is 0 Å². The molecule has 0 atom stereocenters. The number of fused-ring (bicyclic) bond motifs is 1. The largest absolute Gasteiger partial charge is 0.311 e. The van der Waals surface area contributed by atoms with Crippen molar-refractivity contribution in [2.45, 2.75) is 45.6 Å². The summed E-state index contributed by atoms with van der Waals surface area (Å²) in [5, 5.41) is 3.39. The van der Waals surface area contributed by atoms with Crippen LogP contribution in [0.2, 0.25) is 0 Å². The molecule has 29 heavy (non-hydrogen) atoms. The third-order valence-corrected chi connectivity index (χ3v) is 6.75. The van der Waals surface area contributed by atoms with Crippen molar-refractivity contribution in [1.29, 1.82) is 0 Å². The second kappa shape index (κ2) is 8.54. The molecule has 1 aromatic heterocycles. The molecule has 0 N–H and O–H groups in total. The second-order valence-corrected chi connectivity index (χ2v) is 10.1. The van der Waals surface area contributed by atoms with E-state index in [2.05, 4.69) is 54.2 Å². The van der Waals surface area contributed by atoms with Gasteiger partial charge in [-0.25, -0.2) is 4.98 Å². The Labute approximate surface area is 178 Å². The monoisotopic (exact) mass is 412 g/mol. The predicted octanol–water partition coefficient (Wildman–Crippen LogP) is 3.54. The van der Waals surface area contributed by atoms with E-state index in [0.717, 1.165) is 57.8 Å². The van der Waals surface area contributed by atoms with Crippen molar-refractivity contribution in [2.75, 3.05) is 44.2 Å². The van der Waals surface area contributed by atoms with Gasteiger partial charge in [0, 0.05) is 49.2 Å². The number of nitrogens with zero attached hydrogens (tertiary/aromatic N) is 4. The van der Waals surface area contributed by atoms with E-state index in [1.54, 1.807) is 11.3 Å². The topological polar surface area (TPSA) is 39.7 Å². The van der Waals surface area contributed by atoms with Crippen LogP contribution in [0.1, 0.15) is 43.5 Å². The fourth-order valence-electron chi connectivity index (χ4n) is 4.09.